The average Bonchev–Trinajstić information content (AvgIpc) is 2.43. The second-order valence-electron chi connectivity index (χ2n) is 3.62. The first-order valence-electron chi connectivity index (χ1n) is 5.22. The minimum absolute atomic E-state index is 0.214. The number of hydrogen-bond donors (Lipinski definition) is 1. The molecule has 1 aromatic heterocycles. The summed E-state index contributed by atoms with van der Waals surface area (Å²) in [6, 6.07) is 7.95. The van der Waals surface area contributed by atoms with E-state index in [1.54, 1.807) is 12.1 Å². The zero-order valence-electron chi connectivity index (χ0n) is 9.52. The zero-order chi connectivity index (χ0) is 13.8. The third-order valence-electron chi connectivity index (χ3n) is 2.35. The first-order chi connectivity index (χ1) is 9.11. The van der Waals surface area contributed by atoms with E-state index in [9.17, 15) is 4.79 Å². The van der Waals surface area contributed by atoms with Crippen LogP contribution in [0.4, 0.5) is 5.69 Å². The molecule has 19 heavy (non-hydrogen) atoms. The van der Waals surface area contributed by atoms with Gasteiger partial charge in [-0.25, -0.2) is 0 Å². The molecule has 0 aliphatic heterocycles. The number of nitrogens with one attached hydrogen (secondary N) is 1. The standard InChI is InChI=1S/C13H7Cl2N3O/c14-10-5-8(7-16)6-11(15)12(10)18-13(19)9-1-3-17-4-2-9/h1-6H,(H,18,19). The van der Waals surface area contributed by atoms with Crippen LogP contribution in [0.25, 0.3) is 0 Å². The van der Waals surface area contributed by atoms with E-state index < -0.39 is 0 Å². The molecular formula is C13H7Cl2N3O. The molecule has 0 atom stereocenters. The summed E-state index contributed by atoms with van der Waals surface area (Å²) in [5.41, 5.74) is 1.05. The predicted molar refractivity (Wildman–Crippen MR) is 73.4 cm³/mol. The van der Waals surface area contributed by atoms with E-state index in [0.29, 0.717) is 11.1 Å². The molecule has 0 unspecified atom stereocenters. The molecule has 0 aliphatic rings. The largest absolute Gasteiger partial charge is 0.319 e. The molecule has 1 heterocycles. The number of anilines is 1. The highest BCUT2D eigenvalue weighted by Gasteiger charge is 2.12. The van der Waals surface area contributed by atoms with E-state index in [2.05, 4.69) is 10.3 Å². The lowest BCUT2D eigenvalue weighted by atomic mass is 10.2. The van der Waals surface area contributed by atoms with Crippen molar-refractivity contribution in [3.63, 3.8) is 0 Å². The van der Waals surface area contributed by atoms with Gasteiger partial charge in [0.05, 0.1) is 27.4 Å². The van der Waals surface area contributed by atoms with E-state index in [0.717, 1.165) is 0 Å². The third kappa shape index (κ3) is 3.02. The van der Waals surface area contributed by atoms with Crippen LogP contribution < -0.4 is 5.32 Å². The van der Waals surface area contributed by atoms with Crippen LogP contribution in [-0.2, 0) is 0 Å². The van der Waals surface area contributed by atoms with Crippen LogP contribution in [0.15, 0.2) is 36.7 Å². The monoisotopic (exact) mass is 291 g/mol. The van der Waals surface area contributed by atoms with Gasteiger partial charge in [0.1, 0.15) is 0 Å². The summed E-state index contributed by atoms with van der Waals surface area (Å²) in [6.45, 7) is 0. The number of carbonyl (C=O) groups is 1. The topological polar surface area (TPSA) is 65.8 Å². The Balaban J connectivity index is 2.30. The molecule has 0 bridgehead atoms. The molecule has 0 radical (unpaired) electrons. The molecule has 1 aromatic carbocycles. The number of hydrogen-bond acceptors (Lipinski definition) is 3. The van der Waals surface area contributed by atoms with Crippen molar-refractivity contribution in [3.05, 3.63) is 57.8 Å². The molecule has 2 aromatic rings. The lowest BCUT2D eigenvalue weighted by molar-refractivity contribution is 0.102. The fourth-order valence-corrected chi connectivity index (χ4v) is 2.03. The minimum Gasteiger partial charge on any atom is -0.319 e. The summed E-state index contributed by atoms with van der Waals surface area (Å²) in [6.07, 6.45) is 3.02. The highest BCUT2D eigenvalue weighted by Crippen LogP contribution is 2.32. The number of nitriles is 1. The zero-order valence-corrected chi connectivity index (χ0v) is 11.0. The SMILES string of the molecule is N#Cc1cc(Cl)c(NC(=O)c2ccncc2)c(Cl)c1. The molecule has 0 fully saturated rings. The van der Waals surface area contributed by atoms with Gasteiger partial charge in [0.2, 0.25) is 0 Å². The van der Waals surface area contributed by atoms with Crippen LogP contribution in [0, 0.1) is 11.3 Å². The Labute approximate surface area is 119 Å². The van der Waals surface area contributed by atoms with Crippen molar-refractivity contribution in [2.45, 2.75) is 0 Å². The van der Waals surface area contributed by atoms with Crippen molar-refractivity contribution in [2.75, 3.05) is 5.32 Å². The smallest absolute Gasteiger partial charge is 0.255 e. The van der Waals surface area contributed by atoms with Crippen LogP contribution in [0.5, 0.6) is 0 Å². The van der Waals surface area contributed by atoms with E-state index in [1.807, 2.05) is 6.07 Å². The van der Waals surface area contributed by atoms with Gasteiger partial charge in [0.15, 0.2) is 0 Å². The average molecular weight is 292 g/mol. The molecule has 94 valence electrons. The van der Waals surface area contributed by atoms with Gasteiger partial charge in [0, 0.05) is 18.0 Å². The lowest BCUT2D eigenvalue weighted by Crippen LogP contribution is -2.12. The molecule has 1 amide bonds. The summed E-state index contributed by atoms with van der Waals surface area (Å²) in [7, 11) is 0. The summed E-state index contributed by atoms with van der Waals surface area (Å²) in [5.74, 6) is -0.351. The molecule has 0 saturated carbocycles. The number of rotatable bonds is 2. The van der Waals surface area contributed by atoms with Crippen molar-refractivity contribution in [1.29, 1.82) is 5.26 Å². The highest BCUT2D eigenvalue weighted by molar-refractivity contribution is 6.40. The Bertz CT molecular complexity index is 642. The van der Waals surface area contributed by atoms with Gasteiger partial charge < -0.3 is 5.32 Å². The second-order valence-corrected chi connectivity index (χ2v) is 4.43. The number of benzene rings is 1. The Morgan fingerprint density at radius 3 is 2.32 bits per heavy atom. The number of pyridine rings is 1. The summed E-state index contributed by atoms with van der Waals surface area (Å²) in [5, 5.41) is 11.8. The third-order valence-corrected chi connectivity index (χ3v) is 2.95. The Morgan fingerprint density at radius 1 is 1.21 bits per heavy atom. The van der Waals surface area contributed by atoms with E-state index in [-0.39, 0.29) is 21.6 Å². The van der Waals surface area contributed by atoms with Crippen molar-refractivity contribution >= 4 is 34.8 Å². The fourth-order valence-electron chi connectivity index (χ4n) is 1.45. The first kappa shape index (κ1) is 13.3. The van der Waals surface area contributed by atoms with Gasteiger partial charge in [-0.1, -0.05) is 23.2 Å². The van der Waals surface area contributed by atoms with E-state index in [1.165, 1.54) is 24.5 Å². The van der Waals surface area contributed by atoms with Crippen molar-refractivity contribution in [2.24, 2.45) is 0 Å². The van der Waals surface area contributed by atoms with Crippen LogP contribution in [0.2, 0.25) is 10.0 Å². The Hall–Kier alpha value is -2.09. The number of carbonyl (C=O) groups excluding carboxylic acids is 1. The minimum atomic E-state index is -0.351. The van der Waals surface area contributed by atoms with Crippen LogP contribution in [0.3, 0.4) is 0 Å². The predicted octanol–water partition coefficient (Wildman–Crippen LogP) is 3.51. The number of halogens is 2. The summed E-state index contributed by atoms with van der Waals surface area (Å²) < 4.78 is 0. The maximum atomic E-state index is 12.0. The summed E-state index contributed by atoms with van der Waals surface area (Å²) >= 11 is 12.0. The number of nitrogens with zero attached hydrogens (tertiary/aromatic N) is 2. The van der Waals surface area contributed by atoms with Crippen molar-refractivity contribution in [1.82, 2.24) is 4.98 Å². The summed E-state index contributed by atoms with van der Waals surface area (Å²) in [4.78, 5) is 15.8. The molecule has 6 heteroatoms. The van der Waals surface area contributed by atoms with Gasteiger partial charge in [0.25, 0.3) is 5.91 Å². The van der Waals surface area contributed by atoms with Gasteiger partial charge >= 0.3 is 0 Å². The van der Waals surface area contributed by atoms with Gasteiger partial charge in [-0.05, 0) is 24.3 Å². The van der Waals surface area contributed by atoms with Crippen LogP contribution >= 0.6 is 23.2 Å². The molecule has 1 N–H and O–H groups in total. The van der Waals surface area contributed by atoms with E-state index >= 15 is 0 Å². The first-order valence-corrected chi connectivity index (χ1v) is 5.98. The van der Waals surface area contributed by atoms with Gasteiger partial charge in [-0.2, -0.15) is 5.26 Å². The van der Waals surface area contributed by atoms with Gasteiger partial charge in [-0.15, -0.1) is 0 Å². The molecule has 0 aliphatic carbocycles. The van der Waals surface area contributed by atoms with E-state index in [4.69, 9.17) is 28.5 Å². The molecular weight excluding hydrogens is 285 g/mol. The molecule has 0 saturated heterocycles. The molecule has 4 nitrogen and oxygen atoms in total. The van der Waals surface area contributed by atoms with Crippen molar-refractivity contribution in [3.8, 4) is 6.07 Å². The Morgan fingerprint density at radius 2 is 1.79 bits per heavy atom. The molecule has 0 spiro atoms. The second kappa shape index (κ2) is 5.70. The van der Waals surface area contributed by atoms with Crippen LogP contribution in [-0.4, -0.2) is 10.9 Å². The lowest BCUT2D eigenvalue weighted by Gasteiger charge is -2.09. The Kier molecular flexibility index (Phi) is 4.00. The maximum Gasteiger partial charge on any atom is 0.255 e. The fraction of sp³-hybridized carbons (Fsp3) is 0. The van der Waals surface area contributed by atoms with Crippen molar-refractivity contribution < 1.29 is 4.79 Å². The quantitative estimate of drug-likeness (QED) is 0.921. The molecule has 2 rings (SSSR count). The van der Waals surface area contributed by atoms with Gasteiger partial charge in [-0.3, -0.25) is 9.78 Å². The van der Waals surface area contributed by atoms with Crippen LogP contribution in [0.1, 0.15) is 15.9 Å². The maximum absolute atomic E-state index is 12.0. The number of aromatic nitrogens is 1. The normalized spacial score (nSPS) is 9.74. The number of amides is 1. The highest BCUT2D eigenvalue weighted by atomic mass is 35.5.